The molecular formula is C23H39N5O5S2. The van der Waals surface area contributed by atoms with Gasteiger partial charge < -0.3 is 21.7 Å². The predicted molar refractivity (Wildman–Crippen MR) is 140 cm³/mol. The van der Waals surface area contributed by atoms with E-state index in [1.807, 2.05) is 44.2 Å². The van der Waals surface area contributed by atoms with Crippen LogP contribution in [0.15, 0.2) is 30.3 Å². The van der Waals surface area contributed by atoms with E-state index in [0.29, 0.717) is 13.0 Å². The second-order valence-electron chi connectivity index (χ2n) is 9.07. The zero-order chi connectivity index (χ0) is 26.8. The van der Waals surface area contributed by atoms with E-state index in [2.05, 4.69) is 28.6 Å². The van der Waals surface area contributed by atoms with Gasteiger partial charge in [-0.2, -0.15) is 12.6 Å². The highest BCUT2D eigenvalue weighted by Gasteiger charge is 2.33. The van der Waals surface area contributed by atoms with Gasteiger partial charge in [0, 0.05) is 12.6 Å². The maximum atomic E-state index is 13.1. The maximum Gasteiger partial charge on any atom is 0.243 e. The third kappa shape index (κ3) is 11.0. The molecule has 0 fully saturated rings. The van der Waals surface area contributed by atoms with Crippen LogP contribution in [0.4, 0.5) is 0 Å². The number of hydrogen-bond acceptors (Lipinski definition) is 7. The molecule has 0 radical (unpaired) electrons. The number of rotatable bonds is 14. The van der Waals surface area contributed by atoms with Crippen molar-refractivity contribution in [2.24, 2.45) is 22.7 Å². The Morgan fingerprint density at radius 1 is 0.971 bits per heavy atom. The van der Waals surface area contributed by atoms with E-state index in [-0.39, 0.29) is 29.9 Å². The molecule has 1 rings (SSSR count). The maximum absolute atomic E-state index is 13.1. The normalized spacial score (nSPS) is 16.0. The lowest BCUT2D eigenvalue weighted by Gasteiger charge is -2.29. The second kappa shape index (κ2) is 14.4. The van der Waals surface area contributed by atoms with Crippen LogP contribution in [-0.4, -0.2) is 55.3 Å². The summed E-state index contributed by atoms with van der Waals surface area (Å²) in [6.45, 7) is 7.62. The van der Waals surface area contributed by atoms with Crippen LogP contribution in [0.25, 0.3) is 0 Å². The molecule has 0 aliphatic carbocycles. The van der Waals surface area contributed by atoms with Gasteiger partial charge in [-0.25, -0.2) is 13.6 Å². The van der Waals surface area contributed by atoms with Gasteiger partial charge in [-0.1, -0.05) is 64.4 Å². The second-order valence-corrected chi connectivity index (χ2v) is 11.4. The van der Waals surface area contributed by atoms with Crippen molar-refractivity contribution in [2.45, 2.75) is 70.5 Å². The highest BCUT2D eigenvalue weighted by molar-refractivity contribution is 7.89. The van der Waals surface area contributed by atoms with Crippen molar-refractivity contribution in [3.8, 4) is 0 Å². The first-order chi connectivity index (χ1) is 16.3. The zero-order valence-electron chi connectivity index (χ0n) is 20.7. The van der Waals surface area contributed by atoms with Gasteiger partial charge in [0.05, 0.1) is 11.0 Å². The van der Waals surface area contributed by atoms with Gasteiger partial charge in [0.25, 0.3) is 0 Å². The average Bonchev–Trinajstić information content (AvgIpc) is 2.81. The molecule has 0 aliphatic rings. The van der Waals surface area contributed by atoms with E-state index in [0.717, 1.165) is 5.56 Å². The molecule has 12 heteroatoms. The van der Waals surface area contributed by atoms with E-state index in [4.69, 9.17) is 10.9 Å². The number of sulfonamides is 1. The van der Waals surface area contributed by atoms with Crippen molar-refractivity contribution in [3.05, 3.63) is 35.9 Å². The summed E-state index contributed by atoms with van der Waals surface area (Å²) in [5, 5.41) is 12.2. The van der Waals surface area contributed by atoms with Gasteiger partial charge in [0.1, 0.15) is 12.1 Å². The standard InChI is InChI=1S/C23H39N5O5S2/c1-5-15(4)19(21(29)26-13-16-9-7-6-8-10-16)28-22(30)18(14(2)3)27-23(31)20(34)17(24)11-12-35(25,32)33/h6-10,14-15,17-20,34H,5,11-13,24H2,1-4H3,(H,26,29)(H,27,31)(H,28,30)(H2,25,32,33). The number of primary sulfonamides is 1. The molecular weight excluding hydrogens is 490 g/mol. The van der Waals surface area contributed by atoms with Gasteiger partial charge in [-0.3, -0.25) is 14.4 Å². The molecule has 5 unspecified atom stereocenters. The number of amides is 3. The van der Waals surface area contributed by atoms with Gasteiger partial charge in [0.15, 0.2) is 0 Å². The first-order valence-electron chi connectivity index (χ1n) is 11.6. The summed E-state index contributed by atoms with van der Waals surface area (Å²) in [6.07, 6.45) is 0.594. The molecule has 0 aromatic heterocycles. The van der Waals surface area contributed by atoms with E-state index in [9.17, 15) is 22.8 Å². The molecule has 5 atom stereocenters. The van der Waals surface area contributed by atoms with Crippen molar-refractivity contribution in [2.75, 3.05) is 5.75 Å². The van der Waals surface area contributed by atoms with E-state index >= 15 is 0 Å². The topological polar surface area (TPSA) is 173 Å². The van der Waals surface area contributed by atoms with Crippen LogP contribution in [0.5, 0.6) is 0 Å². The summed E-state index contributed by atoms with van der Waals surface area (Å²) in [6, 6.07) is 6.79. The quantitative estimate of drug-likeness (QED) is 0.189. The number of benzene rings is 1. The fourth-order valence-corrected chi connectivity index (χ4v) is 4.09. The molecule has 0 bridgehead atoms. The molecule has 0 saturated heterocycles. The fourth-order valence-electron chi connectivity index (χ4n) is 3.27. The number of carbonyl (C=O) groups excluding carboxylic acids is 3. The fraction of sp³-hybridized carbons (Fsp3) is 0.609. The smallest absolute Gasteiger partial charge is 0.243 e. The number of carbonyl (C=O) groups is 3. The minimum atomic E-state index is -3.73. The summed E-state index contributed by atoms with van der Waals surface area (Å²) in [7, 11) is -3.73. The lowest BCUT2D eigenvalue weighted by molar-refractivity contribution is -0.133. The molecule has 1 aromatic carbocycles. The van der Waals surface area contributed by atoms with Crippen molar-refractivity contribution in [1.29, 1.82) is 0 Å². The minimum absolute atomic E-state index is 0.0589. The first kappa shape index (κ1) is 30.9. The van der Waals surface area contributed by atoms with Gasteiger partial charge in [-0.15, -0.1) is 0 Å². The average molecular weight is 530 g/mol. The van der Waals surface area contributed by atoms with Crippen LogP contribution in [-0.2, 0) is 31.0 Å². The van der Waals surface area contributed by atoms with E-state index in [1.54, 1.807) is 13.8 Å². The molecule has 198 valence electrons. The Bertz CT molecular complexity index is 943. The van der Waals surface area contributed by atoms with Crippen molar-refractivity contribution >= 4 is 40.4 Å². The molecule has 1 aromatic rings. The third-order valence-corrected chi connectivity index (χ3v) is 7.18. The third-order valence-electron chi connectivity index (χ3n) is 5.76. The number of nitrogens with one attached hydrogen (secondary N) is 3. The van der Waals surface area contributed by atoms with Crippen molar-refractivity contribution < 1.29 is 22.8 Å². The Morgan fingerprint density at radius 2 is 1.54 bits per heavy atom. The Hall–Kier alpha value is -2.15. The molecule has 7 N–H and O–H groups in total. The van der Waals surface area contributed by atoms with Crippen molar-refractivity contribution in [1.82, 2.24) is 16.0 Å². The number of hydrogen-bond donors (Lipinski definition) is 6. The molecule has 10 nitrogen and oxygen atoms in total. The Balaban J connectivity index is 2.85. The van der Waals surface area contributed by atoms with Gasteiger partial charge >= 0.3 is 0 Å². The molecule has 0 saturated carbocycles. The Labute approximate surface area is 213 Å². The minimum Gasteiger partial charge on any atom is -0.350 e. The Morgan fingerprint density at radius 3 is 2.06 bits per heavy atom. The predicted octanol–water partition coefficient (Wildman–Crippen LogP) is 0.279. The molecule has 0 spiro atoms. The molecule has 0 heterocycles. The monoisotopic (exact) mass is 529 g/mol. The van der Waals surface area contributed by atoms with Gasteiger partial charge in [-0.05, 0) is 23.8 Å². The summed E-state index contributed by atoms with van der Waals surface area (Å²) in [5.74, 6) is -2.28. The zero-order valence-corrected chi connectivity index (χ0v) is 22.4. The highest BCUT2D eigenvalue weighted by atomic mass is 32.2. The Kier molecular flexibility index (Phi) is 12.7. The van der Waals surface area contributed by atoms with Crippen molar-refractivity contribution in [3.63, 3.8) is 0 Å². The first-order valence-corrected chi connectivity index (χ1v) is 13.9. The summed E-state index contributed by atoms with van der Waals surface area (Å²) >= 11 is 4.21. The van der Waals surface area contributed by atoms with E-state index < -0.39 is 45.2 Å². The summed E-state index contributed by atoms with van der Waals surface area (Å²) in [5.41, 5.74) is 6.83. The summed E-state index contributed by atoms with van der Waals surface area (Å²) < 4.78 is 22.3. The molecule has 35 heavy (non-hydrogen) atoms. The molecule has 3 amide bonds. The van der Waals surface area contributed by atoms with Crippen LogP contribution in [0.3, 0.4) is 0 Å². The van der Waals surface area contributed by atoms with Crippen LogP contribution in [0.1, 0.15) is 46.1 Å². The van der Waals surface area contributed by atoms with Crippen LogP contribution in [0.2, 0.25) is 0 Å². The lowest BCUT2D eigenvalue weighted by Crippen LogP contribution is -2.58. The number of nitrogens with two attached hydrogens (primary N) is 2. The lowest BCUT2D eigenvalue weighted by atomic mass is 9.96. The number of thiol groups is 1. The largest absolute Gasteiger partial charge is 0.350 e. The van der Waals surface area contributed by atoms with Crippen LogP contribution in [0, 0.1) is 11.8 Å². The van der Waals surface area contributed by atoms with Gasteiger partial charge in [0.2, 0.25) is 27.7 Å². The highest BCUT2D eigenvalue weighted by Crippen LogP contribution is 2.12. The summed E-state index contributed by atoms with van der Waals surface area (Å²) in [4.78, 5) is 38.7. The van der Waals surface area contributed by atoms with Crippen LogP contribution < -0.4 is 26.8 Å². The van der Waals surface area contributed by atoms with E-state index in [1.165, 1.54) is 0 Å². The van der Waals surface area contributed by atoms with Crippen LogP contribution >= 0.6 is 12.6 Å². The molecule has 0 aliphatic heterocycles. The SMILES string of the molecule is CCC(C)C(NC(=O)C(NC(=O)C(S)C(N)CCS(N)(=O)=O)C(C)C)C(=O)NCc1ccccc1.